The van der Waals surface area contributed by atoms with Crippen molar-refractivity contribution in [2.45, 2.75) is 36.9 Å². The minimum atomic E-state index is -0.877. The lowest BCUT2D eigenvalue weighted by Crippen LogP contribution is -2.07. The fourth-order valence-corrected chi connectivity index (χ4v) is 2.77. The third-order valence-electron chi connectivity index (χ3n) is 2.74. The predicted octanol–water partition coefficient (Wildman–Crippen LogP) is 2.36. The van der Waals surface area contributed by atoms with Crippen molar-refractivity contribution in [3.8, 4) is 0 Å². The molecular weight excluding hydrogens is 208 g/mol. The number of epoxide rings is 1. The third-order valence-corrected chi connectivity index (χ3v) is 4.14. The Labute approximate surface area is 93.1 Å². The smallest absolute Gasteiger partial charge is 0.0892 e. The Hall–Kier alpha value is -0.670. The van der Waals surface area contributed by atoms with E-state index in [-0.39, 0.29) is 5.60 Å². The Kier molecular flexibility index (Phi) is 2.94. The molecule has 1 aromatic carbocycles. The fraction of sp³-hybridized carbons (Fsp3) is 0.500. The number of ether oxygens (including phenoxy) is 1. The van der Waals surface area contributed by atoms with E-state index in [4.69, 9.17) is 4.74 Å². The van der Waals surface area contributed by atoms with Crippen LogP contribution in [0.5, 0.6) is 0 Å². The summed E-state index contributed by atoms with van der Waals surface area (Å²) >= 11 is 0. The summed E-state index contributed by atoms with van der Waals surface area (Å²) in [4.78, 5) is 0.913. The van der Waals surface area contributed by atoms with Crippen LogP contribution in [0.4, 0.5) is 0 Å². The van der Waals surface area contributed by atoms with Crippen molar-refractivity contribution >= 4 is 10.8 Å². The first-order valence-corrected chi connectivity index (χ1v) is 6.53. The summed E-state index contributed by atoms with van der Waals surface area (Å²) in [5.41, 5.74) is 0.0148. The van der Waals surface area contributed by atoms with Crippen LogP contribution in [0, 0.1) is 0 Å². The second kappa shape index (κ2) is 4.06. The monoisotopic (exact) mass is 224 g/mol. The fourth-order valence-electron chi connectivity index (χ4n) is 1.64. The van der Waals surface area contributed by atoms with Crippen LogP contribution >= 0.6 is 0 Å². The van der Waals surface area contributed by atoms with Crippen LogP contribution < -0.4 is 0 Å². The van der Waals surface area contributed by atoms with Gasteiger partial charge in [-0.15, -0.1) is 0 Å². The number of hydrogen-bond donors (Lipinski definition) is 0. The number of benzene rings is 1. The maximum Gasteiger partial charge on any atom is 0.0892 e. The van der Waals surface area contributed by atoms with Crippen LogP contribution in [-0.2, 0) is 15.5 Å². The van der Waals surface area contributed by atoms with Crippen LogP contribution in [0.25, 0.3) is 0 Å². The minimum Gasteiger partial charge on any atom is -0.367 e. The molecule has 0 aliphatic carbocycles. The Bertz CT molecular complexity index is 359. The van der Waals surface area contributed by atoms with Crippen molar-refractivity contribution in [1.82, 2.24) is 0 Å². The summed E-state index contributed by atoms with van der Waals surface area (Å²) in [6.45, 7) is 4.15. The van der Waals surface area contributed by atoms with Gasteiger partial charge < -0.3 is 4.74 Å². The quantitative estimate of drug-likeness (QED) is 0.735. The highest BCUT2D eigenvalue weighted by Crippen LogP contribution is 2.37. The molecule has 0 N–H and O–H groups in total. The molecule has 0 aromatic heterocycles. The predicted molar refractivity (Wildman–Crippen MR) is 61.3 cm³/mol. The molecule has 1 aliphatic rings. The van der Waals surface area contributed by atoms with Crippen molar-refractivity contribution in [3.63, 3.8) is 0 Å². The average Bonchev–Trinajstić information content (AvgIpc) is 2.84. The van der Waals surface area contributed by atoms with E-state index in [0.29, 0.717) is 11.9 Å². The van der Waals surface area contributed by atoms with Gasteiger partial charge in [0.2, 0.25) is 0 Å². The summed E-state index contributed by atoms with van der Waals surface area (Å²) in [6.07, 6.45) is 1.18. The van der Waals surface area contributed by atoms with Gasteiger partial charge in [0.25, 0.3) is 0 Å². The first kappa shape index (κ1) is 10.8. The summed E-state index contributed by atoms with van der Waals surface area (Å²) in [7, 11) is -0.877. The Morgan fingerprint density at radius 3 is 2.47 bits per heavy atom. The molecule has 0 saturated carbocycles. The van der Waals surface area contributed by atoms with Gasteiger partial charge in [-0.2, -0.15) is 0 Å². The topological polar surface area (TPSA) is 29.6 Å². The molecule has 2 atom stereocenters. The highest BCUT2D eigenvalue weighted by molar-refractivity contribution is 7.85. The molecule has 1 saturated heterocycles. The number of rotatable bonds is 4. The molecule has 2 nitrogen and oxygen atoms in total. The van der Waals surface area contributed by atoms with E-state index in [2.05, 4.69) is 13.8 Å². The van der Waals surface area contributed by atoms with Crippen molar-refractivity contribution in [2.24, 2.45) is 0 Å². The lowest BCUT2D eigenvalue weighted by molar-refractivity contribution is 0.322. The molecule has 82 valence electrons. The van der Waals surface area contributed by atoms with Gasteiger partial charge in [0, 0.05) is 10.6 Å². The van der Waals surface area contributed by atoms with Gasteiger partial charge in [0.05, 0.1) is 22.5 Å². The van der Waals surface area contributed by atoms with Gasteiger partial charge in [0.1, 0.15) is 0 Å². The maximum atomic E-state index is 11.8. The zero-order valence-electron chi connectivity index (χ0n) is 9.10. The van der Waals surface area contributed by atoms with Crippen LogP contribution in [0.3, 0.4) is 0 Å². The lowest BCUT2D eigenvalue weighted by atomic mass is 10.1. The second-order valence-electron chi connectivity index (χ2n) is 4.36. The molecule has 1 aromatic rings. The molecule has 0 amide bonds. The van der Waals surface area contributed by atoms with Crippen molar-refractivity contribution in [1.29, 1.82) is 0 Å². The van der Waals surface area contributed by atoms with Gasteiger partial charge in [-0.05, 0) is 32.4 Å². The summed E-state index contributed by atoms with van der Waals surface area (Å²) in [5, 5.41) is 0. The van der Waals surface area contributed by atoms with Crippen LogP contribution in [0.2, 0.25) is 0 Å². The molecule has 15 heavy (non-hydrogen) atoms. The van der Waals surface area contributed by atoms with E-state index in [0.717, 1.165) is 11.3 Å². The highest BCUT2D eigenvalue weighted by atomic mass is 32.2. The molecule has 0 bridgehead atoms. The normalized spacial score (nSPS) is 24.8. The SMILES string of the molecule is CC1(C)O[C@@H]1CCS(=O)c1ccccc1. The van der Waals surface area contributed by atoms with Crippen LogP contribution in [-0.4, -0.2) is 21.7 Å². The Morgan fingerprint density at radius 1 is 1.33 bits per heavy atom. The van der Waals surface area contributed by atoms with Gasteiger partial charge in [0.15, 0.2) is 0 Å². The molecule has 0 spiro atoms. The largest absolute Gasteiger partial charge is 0.367 e. The van der Waals surface area contributed by atoms with Crippen molar-refractivity contribution in [3.05, 3.63) is 30.3 Å². The molecule has 1 fully saturated rings. The molecule has 0 radical (unpaired) electrons. The molecule has 1 aliphatic heterocycles. The van der Waals surface area contributed by atoms with E-state index < -0.39 is 10.8 Å². The molecule has 3 heteroatoms. The van der Waals surface area contributed by atoms with E-state index in [1.165, 1.54) is 0 Å². The first-order valence-electron chi connectivity index (χ1n) is 5.21. The summed E-state index contributed by atoms with van der Waals surface area (Å²) in [6, 6.07) is 9.60. The van der Waals surface area contributed by atoms with Gasteiger partial charge in [-0.3, -0.25) is 4.21 Å². The lowest BCUT2D eigenvalue weighted by Gasteiger charge is -2.00. The molecule has 1 heterocycles. The molecule has 1 unspecified atom stereocenters. The molecular formula is C12H16O2S. The maximum absolute atomic E-state index is 11.8. The second-order valence-corrected chi connectivity index (χ2v) is 5.93. The number of hydrogen-bond acceptors (Lipinski definition) is 2. The van der Waals surface area contributed by atoms with Crippen LogP contribution in [0.1, 0.15) is 20.3 Å². The third kappa shape index (κ3) is 2.67. The van der Waals surface area contributed by atoms with Gasteiger partial charge in [-0.25, -0.2) is 0 Å². The van der Waals surface area contributed by atoms with Gasteiger partial charge >= 0.3 is 0 Å². The zero-order chi connectivity index (χ0) is 10.9. The summed E-state index contributed by atoms with van der Waals surface area (Å²) in [5.74, 6) is 0.693. The zero-order valence-corrected chi connectivity index (χ0v) is 9.92. The summed E-state index contributed by atoms with van der Waals surface area (Å²) < 4.78 is 17.3. The van der Waals surface area contributed by atoms with E-state index >= 15 is 0 Å². The van der Waals surface area contributed by atoms with Crippen molar-refractivity contribution < 1.29 is 8.95 Å². The highest BCUT2D eigenvalue weighted by Gasteiger charge is 2.47. The standard InChI is InChI=1S/C12H16O2S/c1-12(2)11(14-12)8-9-15(13)10-6-4-3-5-7-10/h3-7,11H,8-9H2,1-2H3/t11-,15?/m1/s1. The Morgan fingerprint density at radius 2 is 1.93 bits per heavy atom. The Balaban J connectivity index is 1.84. The average molecular weight is 224 g/mol. The van der Waals surface area contributed by atoms with Crippen molar-refractivity contribution in [2.75, 3.05) is 5.75 Å². The van der Waals surface area contributed by atoms with E-state index in [1.54, 1.807) is 0 Å². The minimum absolute atomic E-state index is 0.0148. The molecule has 2 rings (SSSR count). The van der Waals surface area contributed by atoms with Crippen LogP contribution in [0.15, 0.2) is 35.2 Å². The van der Waals surface area contributed by atoms with E-state index in [1.807, 2.05) is 30.3 Å². The van der Waals surface area contributed by atoms with Gasteiger partial charge in [-0.1, -0.05) is 18.2 Å². The first-order chi connectivity index (χ1) is 7.09. The van der Waals surface area contributed by atoms with E-state index in [9.17, 15) is 4.21 Å².